The first-order valence-electron chi connectivity index (χ1n) is 8.92. The molecule has 0 saturated carbocycles. The molecule has 0 bridgehead atoms. The zero-order chi connectivity index (χ0) is 20.8. The van der Waals surface area contributed by atoms with Crippen LogP contribution in [0.2, 0.25) is 0 Å². The molecule has 3 heterocycles. The summed E-state index contributed by atoms with van der Waals surface area (Å²) in [5.74, 6) is -0.458. The van der Waals surface area contributed by atoms with Gasteiger partial charge in [0.05, 0.1) is 28.4 Å². The van der Waals surface area contributed by atoms with Crippen LogP contribution < -0.4 is 5.73 Å². The number of nitrogens with two attached hydrogens (primary N) is 1. The lowest BCUT2D eigenvalue weighted by molar-refractivity contribution is -0.136. The molecule has 0 aliphatic carbocycles. The highest BCUT2D eigenvalue weighted by atomic mass is 32.2. The summed E-state index contributed by atoms with van der Waals surface area (Å²) in [6, 6.07) is 8.74. The average molecular weight is 425 g/mol. The van der Waals surface area contributed by atoms with Gasteiger partial charge in [-0.1, -0.05) is 30.3 Å². The summed E-state index contributed by atoms with van der Waals surface area (Å²) in [7, 11) is -3.75. The molecule has 1 fully saturated rings. The minimum absolute atomic E-state index is 0.0189. The van der Waals surface area contributed by atoms with Crippen molar-refractivity contribution in [3.63, 3.8) is 0 Å². The molecule has 1 aliphatic heterocycles. The number of hydrogen-bond donors (Lipinski definition) is 2. The quantitative estimate of drug-likeness (QED) is 0.668. The van der Waals surface area contributed by atoms with Gasteiger partial charge in [-0.2, -0.15) is 22.6 Å². The van der Waals surface area contributed by atoms with E-state index in [1.807, 2.05) is 0 Å². The van der Waals surface area contributed by atoms with E-state index < -0.39 is 27.8 Å². The van der Waals surface area contributed by atoms with Crippen LogP contribution >= 0.6 is 0 Å². The summed E-state index contributed by atoms with van der Waals surface area (Å²) >= 11 is 0. The highest BCUT2D eigenvalue weighted by molar-refractivity contribution is 7.88. The van der Waals surface area contributed by atoms with E-state index in [9.17, 15) is 21.6 Å². The number of H-pyrrole nitrogens is 1. The molecule has 154 valence electrons. The Morgan fingerprint density at radius 1 is 1.24 bits per heavy atom. The number of benzene rings is 1. The average Bonchev–Trinajstić information content (AvgIpc) is 3.28. The van der Waals surface area contributed by atoms with Crippen LogP contribution in [0.4, 0.5) is 19.0 Å². The van der Waals surface area contributed by atoms with E-state index in [1.165, 1.54) is 4.31 Å². The summed E-state index contributed by atoms with van der Waals surface area (Å²) in [5.41, 5.74) is 5.07. The second-order valence-corrected chi connectivity index (χ2v) is 8.86. The lowest BCUT2D eigenvalue weighted by Crippen LogP contribution is -2.32. The van der Waals surface area contributed by atoms with E-state index in [0.717, 1.165) is 6.07 Å². The third kappa shape index (κ3) is 3.67. The lowest BCUT2D eigenvalue weighted by atomic mass is 10.1. The number of rotatable bonds is 4. The highest BCUT2D eigenvalue weighted by Gasteiger charge is 2.40. The summed E-state index contributed by atoms with van der Waals surface area (Å²) < 4.78 is 68.0. The zero-order valence-electron chi connectivity index (χ0n) is 15.1. The number of fused-ring (bicyclic) bond motifs is 1. The molecule has 0 amide bonds. The second kappa shape index (κ2) is 6.99. The van der Waals surface area contributed by atoms with Gasteiger partial charge in [-0.15, -0.1) is 0 Å². The van der Waals surface area contributed by atoms with E-state index in [-0.39, 0.29) is 34.8 Å². The van der Waals surface area contributed by atoms with E-state index in [2.05, 4.69) is 15.2 Å². The number of aromatic nitrogens is 3. The fourth-order valence-corrected chi connectivity index (χ4v) is 5.49. The number of hydrogen-bond acceptors (Lipinski definition) is 5. The number of nitrogens with zero attached hydrogens (tertiary/aromatic N) is 3. The van der Waals surface area contributed by atoms with E-state index >= 15 is 0 Å². The smallest absolute Gasteiger partial charge is 0.383 e. The summed E-state index contributed by atoms with van der Waals surface area (Å²) in [6.07, 6.45) is -3.77. The number of anilines is 1. The maximum Gasteiger partial charge on any atom is 0.417 e. The molecule has 0 spiro atoms. The first-order valence-corrected chi connectivity index (χ1v) is 10.5. The third-order valence-electron chi connectivity index (χ3n) is 4.97. The van der Waals surface area contributed by atoms with Crippen molar-refractivity contribution in [2.45, 2.75) is 30.8 Å². The largest absolute Gasteiger partial charge is 0.417 e. The first-order chi connectivity index (χ1) is 13.7. The standard InChI is InChI=1S/C18H18F3N5O2S/c19-18(20,21)12-9-13(23-17-15(12)16(22)24-25-17)14-7-4-8-26(14)29(27,28)10-11-5-2-1-3-6-11/h1-3,5-6,9,14H,4,7-8,10H2,(H3,22,23,24,25). The predicted molar refractivity (Wildman–Crippen MR) is 101 cm³/mol. The molecule has 1 aromatic carbocycles. The van der Waals surface area contributed by atoms with Gasteiger partial charge in [0.2, 0.25) is 10.0 Å². The Kier molecular flexibility index (Phi) is 4.74. The first kappa shape index (κ1) is 19.6. The van der Waals surface area contributed by atoms with Crippen LogP contribution in [-0.2, 0) is 22.0 Å². The number of pyridine rings is 1. The predicted octanol–water partition coefficient (Wildman–Crippen LogP) is 3.23. The summed E-state index contributed by atoms with van der Waals surface area (Å²) in [5, 5.41) is 5.76. The normalized spacial score (nSPS) is 18.5. The van der Waals surface area contributed by atoms with Crippen molar-refractivity contribution in [1.29, 1.82) is 0 Å². The molecule has 1 aliphatic rings. The molecule has 1 saturated heterocycles. The number of nitrogens with one attached hydrogen (secondary N) is 1. The molecule has 2 aromatic heterocycles. The molecule has 4 rings (SSSR count). The molecule has 29 heavy (non-hydrogen) atoms. The van der Waals surface area contributed by atoms with Crippen molar-refractivity contribution in [1.82, 2.24) is 19.5 Å². The van der Waals surface area contributed by atoms with Crippen molar-refractivity contribution in [2.24, 2.45) is 0 Å². The summed E-state index contributed by atoms with van der Waals surface area (Å²) in [6.45, 7) is 0.226. The van der Waals surface area contributed by atoms with Crippen molar-refractivity contribution in [2.75, 3.05) is 12.3 Å². The van der Waals surface area contributed by atoms with Crippen molar-refractivity contribution in [3.8, 4) is 0 Å². The Labute approximate surface area is 164 Å². The molecule has 11 heteroatoms. The number of halogens is 3. The van der Waals surface area contributed by atoms with E-state index in [4.69, 9.17) is 5.73 Å². The fourth-order valence-electron chi connectivity index (χ4n) is 3.70. The van der Waals surface area contributed by atoms with Gasteiger partial charge in [-0.3, -0.25) is 5.10 Å². The SMILES string of the molecule is Nc1[nH]nc2nc(C3CCCN3S(=O)(=O)Cc3ccccc3)cc(C(F)(F)F)c12. The Morgan fingerprint density at radius 2 is 1.97 bits per heavy atom. The van der Waals surface area contributed by atoms with Gasteiger partial charge >= 0.3 is 6.18 Å². The Morgan fingerprint density at radius 3 is 2.66 bits per heavy atom. The van der Waals surface area contributed by atoms with Gasteiger partial charge in [0.15, 0.2) is 5.65 Å². The van der Waals surface area contributed by atoms with Crippen LogP contribution in [0.3, 0.4) is 0 Å². The molecular formula is C18H18F3N5O2S. The van der Waals surface area contributed by atoms with Crippen LogP contribution in [0.5, 0.6) is 0 Å². The number of aromatic amines is 1. The molecule has 7 nitrogen and oxygen atoms in total. The molecule has 1 unspecified atom stereocenters. The van der Waals surface area contributed by atoms with Crippen LogP contribution in [0.15, 0.2) is 36.4 Å². The molecule has 3 N–H and O–H groups in total. The van der Waals surface area contributed by atoms with E-state index in [1.54, 1.807) is 30.3 Å². The number of nitrogen functional groups attached to an aromatic ring is 1. The molecule has 1 atom stereocenters. The zero-order valence-corrected chi connectivity index (χ0v) is 16.0. The Bertz CT molecular complexity index is 1150. The summed E-state index contributed by atoms with van der Waals surface area (Å²) in [4.78, 5) is 4.19. The van der Waals surface area contributed by atoms with Crippen LogP contribution in [-0.4, -0.2) is 34.4 Å². The van der Waals surface area contributed by atoms with Gasteiger partial charge in [-0.25, -0.2) is 13.4 Å². The Hall–Kier alpha value is -2.66. The van der Waals surface area contributed by atoms with E-state index in [0.29, 0.717) is 18.4 Å². The minimum Gasteiger partial charge on any atom is -0.383 e. The van der Waals surface area contributed by atoms with Crippen molar-refractivity contribution < 1.29 is 21.6 Å². The maximum atomic E-state index is 13.6. The van der Waals surface area contributed by atoms with Gasteiger partial charge in [-0.05, 0) is 24.5 Å². The number of alkyl halides is 3. The van der Waals surface area contributed by atoms with Crippen LogP contribution in [0.1, 0.15) is 35.7 Å². The minimum atomic E-state index is -4.68. The fraction of sp³-hybridized carbons (Fsp3) is 0.333. The van der Waals surface area contributed by atoms with Gasteiger partial charge in [0, 0.05) is 6.54 Å². The maximum absolute atomic E-state index is 13.6. The highest BCUT2D eigenvalue weighted by Crippen LogP contribution is 2.40. The monoisotopic (exact) mass is 425 g/mol. The van der Waals surface area contributed by atoms with Gasteiger partial charge in [0.1, 0.15) is 5.82 Å². The van der Waals surface area contributed by atoms with Gasteiger partial charge < -0.3 is 5.73 Å². The number of sulfonamides is 1. The molecule has 0 radical (unpaired) electrons. The van der Waals surface area contributed by atoms with Crippen LogP contribution in [0, 0.1) is 0 Å². The van der Waals surface area contributed by atoms with Gasteiger partial charge in [0.25, 0.3) is 0 Å². The Balaban J connectivity index is 1.75. The van der Waals surface area contributed by atoms with Crippen molar-refractivity contribution >= 4 is 26.9 Å². The van der Waals surface area contributed by atoms with Crippen molar-refractivity contribution in [3.05, 3.63) is 53.2 Å². The molecule has 3 aromatic rings. The molecular weight excluding hydrogens is 407 g/mol. The van der Waals surface area contributed by atoms with Crippen LogP contribution in [0.25, 0.3) is 11.0 Å². The second-order valence-electron chi connectivity index (χ2n) is 6.94. The topological polar surface area (TPSA) is 105 Å². The lowest BCUT2D eigenvalue weighted by Gasteiger charge is -2.24. The third-order valence-corrected chi connectivity index (χ3v) is 6.82.